The van der Waals surface area contributed by atoms with Crippen molar-refractivity contribution in [2.45, 2.75) is 52.2 Å². The number of aryl methyl sites for hydroxylation is 1. The summed E-state index contributed by atoms with van der Waals surface area (Å²) in [6.07, 6.45) is 4.92. The van der Waals surface area contributed by atoms with E-state index >= 15 is 0 Å². The first-order chi connectivity index (χ1) is 13.9. The number of fused-ring (bicyclic) bond motifs is 2. The Morgan fingerprint density at radius 3 is 2.48 bits per heavy atom. The summed E-state index contributed by atoms with van der Waals surface area (Å²) in [6.45, 7) is 3.17. The van der Waals surface area contributed by atoms with Crippen LogP contribution >= 0.6 is 0 Å². The van der Waals surface area contributed by atoms with Crippen LogP contribution in [-0.4, -0.2) is 38.1 Å². The SMILES string of the molecule is Cc1ccc2nc(COC(=O)[C@H](C)N3C(=O)[C@H]4CCCC[C@@H]4C3=O)cc(=O)n2c1. The topological polar surface area (TPSA) is 98.0 Å². The number of likely N-dealkylation sites (tertiary alicyclic amines) is 1. The fourth-order valence-electron chi connectivity index (χ4n) is 4.27. The molecule has 0 aromatic carbocycles. The van der Waals surface area contributed by atoms with Gasteiger partial charge in [-0.3, -0.25) is 23.7 Å². The zero-order chi connectivity index (χ0) is 20.7. The van der Waals surface area contributed by atoms with E-state index in [1.807, 2.05) is 13.0 Å². The highest BCUT2D eigenvalue weighted by atomic mass is 16.5. The fourth-order valence-corrected chi connectivity index (χ4v) is 4.27. The molecule has 1 saturated heterocycles. The Morgan fingerprint density at radius 1 is 1.17 bits per heavy atom. The highest BCUT2D eigenvalue weighted by Gasteiger charge is 2.51. The van der Waals surface area contributed by atoms with Gasteiger partial charge in [0.2, 0.25) is 11.8 Å². The lowest BCUT2D eigenvalue weighted by atomic mass is 9.81. The average Bonchev–Trinajstić information content (AvgIpc) is 2.97. The summed E-state index contributed by atoms with van der Waals surface area (Å²) in [5.74, 6) is -1.85. The van der Waals surface area contributed by atoms with Gasteiger partial charge in [0.15, 0.2) is 0 Å². The molecule has 2 aliphatic rings. The molecule has 3 heterocycles. The average molecular weight is 397 g/mol. The summed E-state index contributed by atoms with van der Waals surface area (Å²) >= 11 is 0. The van der Waals surface area contributed by atoms with E-state index in [1.165, 1.54) is 17.4 Å². The van der Waals surface area contributed by atoms with Crippen LogP contribution in [0.1, 0.15) is 43.9 Å². The number of ether oxygens (including phenoxy) is 1. The van der Waals surface area contributed by atoms with Gasteiger partial charge in [0, 0.05) is 12.3 Å². The second-order valence-electron chi connectivity index (χ2n) is 7.85. The van der Waals surface area contributed by atoms with Crippen LogP contribution in [0.2, 0.25) is 0 Å². The Bertz CT molecular complexity index is 1040. The van der Waals surface area contributed by atoms with Crippen molar-refractivity contribution in [1.29, 1.82) is 0 Å². The van der Waals surface area contributed by atoms with Gasteiger partial charge in [-0.05, 0) is 38.3 Å². The molecule has 0 spiro atoms. The van der Waals surface area contributed by atoms with Gasteiger partial charge in [-0.25, -0.2) is 9.78 Å². The van der Waals surface area contributed by atoms with E-state index in [0.717, 1.165) is 23.3 Å². The molecule has 1 aliphatic heterocycles. The number of hydrogen-bond acceptors (Lipinski definition) is 6. The van der Waals surface area contributed by atoms with E-state index in [0.29, 0.717) is 24.2 Å². The summed E-state index contributed by atoms with van der Waals surface area (Å²) in [7, 11) is 0. The summed E-state index contributed by atoms with van der Waals surface area (Å²) in [5, 5.41) is 0. The van der Waals surface area contributed by atoms with E-state index in [1.54, 1.807) is 12.3 Å². The van der Waals surface area contributed by atoms with Crippen molar-refractivity contribution in [2.24, 2.45) is 11.8 Å². The Morgan fingerprint density at radius 2 is 1.83 bits per heavy atom. The predicted molar refractivity (Wildman–Crippen MR) is 103 cm³/mol. The quantitative estimate of drug-likeness (QED) is 0.574. The van der Waals surface area contributed by atoms with Gasteiger partial charge in [0.25, 0.3) is 5.56 Å². The van der Waals surface area contributed by atoms with Crippen LogP contribution in [0, 0.1) is 18.8 Å². The van der Waals surface area contributed by atoms with Gasteiger partial charge >= 0.3 is 5.97 Å². The van der Waals surface area contributed by atoms with Crippen molar-refractivity contribution in [1.82, 2.24) is 14.3 Å². The molecule has 152 valence electrons. The number of carbonyl (C=O) groups excluding carboxylic acids is 3. The van der Waals surface area contributed by atoms with Gasteiger partial charge in [0.1, 0.15) is 18.3 Å². The minimum atomic E-state index is -0.996. The molecule has 2 amide bonds. The number of pyridine rings is 1. The number of hydrogen-bond donors (Lipinski definition) is 0. The normalized spacial score (nSPS) is 22.6. The van der Waals surface area contributed by atoms with Gasteiger partial charge in [-0.15, -0.1) is 0 Å². The van der Waals surface area contributed by atoms with E-state index in [4.69, 9.17) is 4.74 Å². The van der Waals surface area contributed by atoms with Gasteiger partial charge < -0.3 is 4.74 Å². The molecule has 8 nitrogen and oxygen atoms in total. The van der Waals surface area contributed by atoms with E-state index in [2.05, 4.69) is 4.98 Å². The maximum atomic E-state index is 12.6. The van der Waals surface area contributed by atoms with Crippen molar-refractivity contribution < 1.29 is 19.1 Å². The van der Waals surface area contributed by atoms with E-state index < -0.39 is 12.0 Å². The van der Waals surface area contributed by atoms with Crippen molar-refractivity contribution in [3.05, 3.63) is 46.0 Å². The smallest absolute Gasteiger partial charge is 0.329 e. The highest BCUT2D eigenvalue weighted by Crippen LogP contribution is 2.38. The van der Waals surface area contributed by atoms with Crippen LogP contribution in [0.25, 0.3) is 5.65 Å². The largest absolute Gasteiger partial charge is 0.458 e. The molecule has 0 bridgehead atoms. The minimum absolute atomic E-state index is 0.203. The minimum Gasteiger partial charge on any atom is -0.458 e. The van der Waals surface area contributed by atoms with Crippen molar-refractivity contribution >= 4 is 23.4 Å². The molecule has 1 aliphatic carbocycles. The second-order valence-corrected chi connectivity index (χ2v) is 7.85. The molecule has 29 heavy (non-hydrogen) atoms. The number of rotatable bonds is 4. The first-order valence-corrected chi connectivity index (χ1v) is 9.89. The lowest BCUT2D eigenvalue weighted by Crippen LogP contribution is -2.44. The lowest BCUT2D eigenvalue weighted by Gasteiger charge is -2.21. The molecule has 0 N–H and O–H groups in total. The molecule has 4 rings (SSSR count). The summed E-state index contributed by atoms with van der Waals surface area (Å²) in [5.41, 5.74) is 1.42. The van der Waals surface area contributed by atoms with Crippen LogP contribution in [0.15, 0.2) is 29.2 Å². The van der Waals surface area contributed by atoms with Crippen LogP contribution in [-0.2, 0) is 25.7 Å². The summed E-state index contributed by atoms with van der Waals surface area (Å²) in [6, 6.07) is 3.87. The zero-order valence-corrected chi connectivity index (χ0v) is 16.5. The third kappa shape index (κ3) is 3.43. The molecule has 2 aromatic heterocycles. The van der Waals surface area contributed by atoms with Crippen LogP contribution in [0.3, 0.4) is 0 Å². The molecule has 0 unspecified atom stereocenters. The van der Waals surface area contributed by atoms with Gasteiger partial charge in [0.05, 0.1) is 17.5 Å². The molecule has 2 aromatic rings. The zero-order valence-electron chi connectivity index (χ0n) is 16.5. The molecular weight excluding hydrogens is 374 g/mol. The third-order valence-corrected chi connectivity index (χ3v) is 5.83. The Balaban J connectivity index is 1.46. The maximum Gasteiger partial charge on any atom is 0.329 e. The standard InChI is InChI=1S/C21H23N3O5/c1-12-7-8-17-22-14(9-18(25)23(17)10-12)11-29-21(28)13(2)24-19(26)15-5-3-4-6-16(15)20(24)27/h7-10,13,15-16H,3-6,11H2,1-2H3/t13-,15-,16-/m0/s1. The Kier molecular flexibility index (Phi) is 4.94. The first kappa shape index (κ1) is 19.3. The Labute approximate surface area is 167 Å². The number of carbonyl (C=O) groups is 3. The number of amides is 2. The third-order valence-electron chi connectivity index (χ3n) is 5.83. The van der Waals surface area contributed by atoms with Crippen LogP contribution in [0.5, 0.6) is 0 Å². The van der Waals surface area contributed by atoms with Gasteiger partial charge in [-0.1, -0.05) is 18.9 Å². The second kappa shape index (κ2) is 7.42. The summed E-state index contributed by atoms with van der Waals surface area (Å²) < 4.78 is 6.71. The molecular formula is C21H23N3O5. The summed E-state index contributed by atoms with van der Waals surface area (Å²) in [4.78, 5) is 55.4. The monoisotopic (exact) mass is 397 g/mol. The predicted octanol–water partition coefficient (Wildman–Crippen LogP) is 1.61. The fraction of sp³-hybridized carbons (Fsp3) is 0.476. The van der Waals surface area contributed by atoms with Crippen LogP contribution < -0.4 is 5.56 Å². The molecule has 0 radical (unpaired) electrons. The van der Waals surface area contributed by atoms with Crippen LogP contribution in [0.4, 0.5) is 0 Å². The van der Waals surface area contributed by atoms with Crippen molar-refractivity contribution in [3.63, 3.8) is 0 Å². The van der Waals surface area contributed by atoms with Crippen molar-refractivity contribution in [2.75, 3.05) is 0 Å². The molecule has 2 fully saturated rings. The Hall–Kier alpha value is -3.03. The highest BCUT2D eigenvalue weighted by molar-refractivity contribution is 6.07. The molecule has 3 atom stereocenters. The van der Waals surface area contributed by atoms with Crippen molar-refractivity contribution in [3.8, 4) is 0 Å². The number of imide groups is 1. The molecule has 8 heteroatoms. The number of nitrogens with zero attached hydrogens (tertiary/aromatic N) is 3. The maximum absolute atomic E-state index is 12.6. The number of esters is 1. The van der Waals surface area contributed by atoms with Gasteiger partial charge in [-0.2, -0.15) is 0 Å². The van der Waals surface area contributed by atoms with E-state index in [-0.39, 0.29) is 35.8 Å². The van der Waals surface area contributed by atoms with E-state index in [9.17, 15) is 19.2 Å². The molecule has 1 saturated carbocycles. The number of aromatic nitrogens is 2. The lowest BCUT2D eigenvalue weighted by molar-refractivity contribution is -0.159. The first-order valence-electron chi connectivity index (χ1n) is 9.89.